The molecule has 1 N–H and O–H groups in total. The van der Waals surface area contributed by atoms with E-state index in [2.05, 4.69) is 18.7 Å². The molecule has 19 heavy (non-hydrogen) atoms. The molecule has 0 radical (unpaired) electrons. The summed E-state index contributed by atoms with van der Waals surface area (Å²) in [4.78, 5) is 2.15. The van der Waals surface area contributed by atoms with Gasteiger partial charge in [0.25, 0.3) is 0 Å². The summed E-state index contributed by atoms with van der Waals surface area (Å²) in [6.45, 7) is 6.53. The fourth-order valence-corrected chi connectivity index (χ4v) is 2.21. The third-order valence-corrected chi connectivity index (χ3v) is 3.65. The molecule has 0 fully saturated rings. The van der Waals surface area contributed by atoms with Crippen molar-refractivity contribution < 1.29 is 14.6 Å². The molecule has 1 aromatic carbocycles. The lowest BCUT2D eigenvalue weighted by atomic mass is 9.96. The molecule has 0 spiro atoms. The molecular formula is C15H23NO3. The first-order valence-corrected chi connectivity index (χ1v) is 6.83. The van der Waals surface area contributed by atoms with Gasteiger partial charge in [-0.15, -0.1) is 0 Å². The number of hydrogen-bond donors (Lipinski definition) is 1. The molecule has 0 saturated heterocycles. The molecule has 0 aliphatic carbocycles. The van der Waals surface area contributed by atoms with Gasteiger partial charge in [0.05, 0.1) is 0 Å². The second-order valence-electron chi connectivity index (χ2n) is 5.40. The monoisotopic (exact) mass is 265 g/mol. The van der Waals surface area contributed by atoms with Crippen LogP contribution in [0.5, 0.6) is 11.5 Å². The fraction of sp³-hybridized carbons (Fsp3) is 0.600. The summed E-state index contributed by atoms with van der Waals surface area (Å²) in [5.41, 5.74) is 1.09. The van der Waals surface area contributed by atoms with Gasteiger partial charge in [-0.1, -0.05) is 13.8 Å². The van der Waals surface area contributed by atoms with Crippen LogP contribution in [-0.2, 0) is 0 Å². The zero-order valence-electron chi connectivity index (χ0n) is 11.9. The van der Waals surface area contributed by atoms with Crippen LogP contribution in [0, 0.1) is 11.8 Å². The van der Waals surface area contributed by atoms with E-state index >= 15 is 0 Å². The van der Waals surface area contributed by atoms with E-state index in [1.807, 2.05) is 25.2 Å². The van der Waals surface area contributed by atoms with Crippen molar-refractivity contribution >= 4 is 5.69 Å². The predicted molar refractivity (Wildman–Crippen MR) is 76.1 cm³/mol. The number of rotatable bonds is 5. The van der Waals surface area contributed by atoms with Gasteiger partial charge < -0.3 is 19.5 Å². The van der Waals surface area contributed by atoms with Crippen LogP contribution in [0.25, 0.3) is 0 Å². The van der Waals surface area contributed by atoms with Crippen LogP contribution in [0.4, 0.5) is 5.69 Å². The highest BCUT2D eigenvalue weighted by atomic mass is 16.6. The maximum absolute atomic E-state index is 9.41. The minimum atomic E-state index is 0.215. The van der Waals surface area contributed by atoms with Crippen molar-refractivity contribution in [3.05, 3.63) is 18.2 Å². The van der Waals surface area contributed by atoms with Crippen LogP contribution in [0.2, 0.25) is 0 Å². The molecule has 0 saturated carbocycles. The van der Waals surface area contributed by atoms with Gasteiger partial charge in [0.1, 0.15) is 13.2 Å². The Labute approximate surface area is 114 Å². The van der Waals surface area contributed by atoms with Crippen LogP contribution in [-0.4, -0.2) is 38.5 Å². The SMILES string of the molecule is CC(C)C(CO)CN(C)c1ccc2c(c1)OCCO2. The van der Waals surface area contributed by atoms with Crippen LogP contribution in [0.1, 0.15) is 13.8 Å². The lowest BCUT2D eigenvalue weighted by Gasteiger charge is -2.28. The van der Waals surface area contributed by atoms with Gasteiger partial charge in [0, 0.05) is 37.9 Å². The Balaban J connectivity index is 2.08. The Morgan fingerprint density at radius 3 is 2.53 bits per heavy atom. The molecule has 2 rings (SSSR count). The molecule has 4 heteroatoms. The highest BCUT2D eigenvalue weighted by Gasteiger charge is 2.17. The lowest BCUT2D eigenvalue weighted by Crippen LogP contribution is -2.30. The third kappa shape index (κ3) is 3.32. The second kappa shape index (κ2) is 6.15. The smallest absolute Gasteiger partial charge is 0.163 e. The first-order valence-electron chi connectivity index (χ1n) is 6.83. The van der Waals surface area contributed by atoms with Gasteiger partial charge in [-0.3, -0.25) is 0 Å². The summed E-state index contributed by atoms with van der Waals surface area (Å²) in [6, 6.07) is 5.98. The van der Waals surface area contributed by atoms with E-state index in [0.29, 0.717) is 19.1 Å². The highest BCUT2D eigenvalue weighted by Crippen LogP contribution is 2.34. The van der Waals surface area contributed by atoms with Crippen molar-refractivity contribution in [1.29, 1.82) is 0 Å². The van der Waals surface area contributed by atoms with Crippen molar-refractivity contribution in [1.82, 2.24) is 0 Å². The van der Waals surface area contributed by atoms with Crippen molar-refractivity contribution in [3.63, 3.8) is 0 Å². The number of nitrogens with zero attached hydrogens (tertiary/aromatic N) is 1. The van der Waals surface area contributed by atoms with Crippen LogP contribution in [0.3, 0.4) is 0 Å². The maximum Gasteiger partial charge on any atom is 0.163 e. The summed E-state index contributed by atoms with van der Waals surface area (Å²) < 4.78 is 11.1. The number of aliphatic hydroxyl groups is 1. The lowest BCUT2D eigenvalue weighted by molar-refractivity contribution is 0.171. The molecule has 106 valence electrons. The zero-order valence-corrected chi connectivity index (χ0v) is 11.9. The van der Waals surface area contributed by atoms with Gasteiger partial charge >= 0.3 is 0 Å². The summed E-state index contributed by atoms with van der Waals surface area (Å²) in [5.74, 6) is 2.36. The third-order valence-electron chi connectivity index (χ3n) is 3.65. The van der Waals surface area contributed by atoms with Crippen molar-refractivity contribution in [3.8, 4) is 11.5 Å². The van der Waals surface area contributed by atoms with Crippen molar-refractivity contribution in [2.45, 2.75) is 13.8 Å². The van der Waals surface area contributed by atoms with Gasteiger partial charge in [0.15, 0.2) is 11.5 Å². The molecule has 0 amide bonds. The van der Waals surface area contributed by atoms with Crippen molar-refractivity contribution in [2.24, 2.45) is 11.8 Å². The van der Waals surface area contributed by atoms with Crippen LogP contribution < -0.4 is 14.4 Å². The highest BCUT2D eigenvalue weighted by molar-refractivity contribution is 5.56. The van der Waals surface area contributed by atoms with E-state index in [4.69, 9.17) is 9.47 Å². The summed E-state index contributed by atoms with van der Waals surface area (Å²) in [7, 11) is 2.04. The molecule has 4 nitrogen and oxygen atoms in total. The van der Waals surface area contributed by atoms with Crippen LogP contribution in [0.15, 0.2) is 18.2 Å². The number of fused-ring (bicyclic) bond motifs is 1. The van der Waals surface area contributed by atoms with E-state index in [9.17, 15) is 5.11 Å². The summed E-state index contributed by atoms with van der Waals surface area (Å²) >= 11 is 0. The first-order chi connectivity index (χ1) is 9.11. The Bertz CT molecular complexity index is 420. The Hall–Kier alpha value is -1.42. The Morgan fingerprint density at radius 1 is 1.21 bits per heavy atom. The topological polar surface area (TPSA) is 41.9 Å². The van der Waals surface area contributed by atoms with Crippen LogP contribution >= 0.6 is 0 Å². The van der Waals surface area contributed by atoms with Gasteiger partial charge in [-0.25, -0.2) is 0 Å². The molecule has 1 aliphatic rings. The van der Waals surface area contributed by atoms with E-state index in [1.165, 1.54) is 0 Å². The fourth-order valence-electron chi connectivity index (χ4n) is 2.21. The predicted octanol–water partition coefficient (Wildman–Crippen LogP) is 2.16. The molecule has 1 atom stereocenters. The molecule has 0 bridgehead atoms. The standard InChI is InChI=1S/C15H23NO3/c1-11(2)12(10-17)9-16(3)13-4-5-14-15(8-13)19-7-6-18-14/h4-5,8,11-12,17H,6-7,9-10H2,1-3H3. The average molecular weight is 265 g/mol. The van der Waals surface area contributed by atoms with Crippen molar-refractivity contribution in [2.75, 3.05) is 38.3 Å². The zero-order chi connectivity index (χ0) is 13.8. The molecule has 1 aromatic rings. The normalized spacial score (nSPS) is 15.4. The summed E-state index contributed by atoms with van der Waals surface area (Å²) in [6.07, 6.45) is 0. The van der Waals surface area contributed by atoms with Gasteiger partial charge in [-0.05, 0) is 18.1 Å². The first kappa shape index (κ1) is 14.0. The second-order valence-corrected chi connectivity index (χ2v) is 5.40. The minimum absolute atomic E-state index is 0.215. The van der Waals surface area contributed by atoms with E-state index in [-0.39, 0.29) is 12.5 Å². The van der Waals surface area contributed by atoms with Gasteiger partial charge in [0.2, 0.25) is 0 Å². The molecule has 0 aromatic heterocycles. The molecule has 1 aliphatic heterocycles. The minimum Gasteiger partial charge on any atom is -0.486 e. The number of aliphatic hydroxyl groups excluding tert-OH is 1. The Kier molecular flexibility index (Phi) is 4.53. The van der Waals surface area contributed by atoms with E-state index in [0.717, 1.165) is 23.7 Å². The molecular weight excluding hydrogens is 242 g/mol. The Morgan fingerprint density at radius 2 is 1.89 bits per heavy atom. The number of hydrogen-bond acceptors (Lipinski definition) is 4. The number of anilines is 1. The van der Waals surface area contributed by atoms with Gasteiger partial charge in [-0.2, -0.15) is 0 Å². The average Bonchev–Trinajstić information content (AvgIpc) is 2.43. The van der Waals surface area contributed by atoms with E-state index < -0.39 is 0 Å². The number of benzene rings is 1. The molecule has 1 heterocycles. The summed E-state index contributed by atoms with van der Waals surface area (Å²) in [5, 5.41) is 9.41. The van der Waals surface area contributed by atoms with E-state index in [1.54, 1.807) is 0 Å². The molecule has 1 unspecified atom stereocenters. The largest absolute Gasteiger partial charge is 0.486 e. The quantitative estimate of drug-likeness (QED) is 0.886. The maximum atomic E-state index is 9.41. The number of ether oxygens (including phenoxy) is 2.